The molecule has 1 aliphatic carbocycles. The van der Waals surface area contributed by atoms with Crippen LogP contribution in [0.3, 0.4) is 0 Å². The fourth-order valence-corrected chi connectivity index (χ4v) is 4.21. The van der Waals surface area contributed by atoms with Crippen LogP contribution in [0.15, 0.2) is 0 Å². The van der Waals surface area contributed by atoms with E-state index in [0.717, 1.165) is 48.3 Å². The van der Waals surface area contributed by atoms with Gasteiger partial charge in [0.25, 0.3) is 0 Å². The molecule has 1 aliphatic heterocycles. The molecular formula is C14H22N2O2S. The molecule has 0 saturated carbocycles. The van der Waals surface area contributed by atoms with Crippen LogP contribution in [0.2, 0.25) is 0 Å². The van der Waals surface area contributed by atoms with Crippen molar-refractivity contribution >= 4 is 16.5 Å². The fraction of sp³-hybridized carbons (Fsp3) is 0.786. The van der Waals surface area contributed by atoms with Crippen LogP contribution in [0, 0.1) is 5.41 Å². The molecule has 3 rings (SSSR count). The molecule has 1 N–H and O–H groups in total. The van der Waals surface area contributed by atoms with Crippen LogP contribution < -0.4 is 4.90 Å². The first-order valence-corrected chi connectivity index (χ1v) is 7.80. The lowest BCUT2D eigenvalue weighted by molar-refractivity contribution is 0.0986. The average Bonchev–Trinajstić information content (AvgIpc) is 2.71. The second-order valence-corrected chi connectivity index (χ2v) is 7.49. The van der Waals surface area contributed by atoms with Crippen molar-refractivity contribution in [2.75, 3.05) is 24.7 Å². The summed E-state index contributed by atoms with van der Waals surface area (Å²) in [6, 6.07) is 0.367. The zero-order valence-electron chi connectivity index (χ0n) is 11.8. The predicted octanol–water partition coefficient (Wildman–Crippen LogP) is 2.37. The molecule has 2 aliphatic rings. The highest BCUT2D eigenvalue weighted by Crippen LogP contribution is 2.44. The van der Waals surface area contributed by atoms with Crippen LogP contribution in [0.5, 0.6) is 0 Å². The topological polar surface area (TPSA) is 45.6 Å². The molecule has 0 bridgehead atoms. The molecule has 106 valence electrons. The van der Waals surface area contributed by atoms with Gasteiger partial charge in [-0.2, -0.15) is 0 Å². The van der Waals surface area contributed by atoms with Gasteiger partial charge >= 0.3 is 0 Å². The standard InChI is InChI=1S/C14H22N2O2S/c1-9-8-18-5-4-16(9)13-15-10-6-14(2,3)7-11(17)12(10)19-13/h9,11,17H,4-8H2,1-3H3. The Labute approximate surface area is 118 Å². The van der Waals surface area contributed by atoms with Crippen LogP contribution in [0.25, 0.3) is 0 Å². The quantitative estimate of drug-likeness (QED) is 0.859. The number of hydrogen-bond acceptors (Lipinski definition) is 5. The molecule has 4 nitrogen and oxygen atoms in total. The van der Waals surface area contributed by atoms with Gasteiger partial charge in [-0.15, -0.1) is 0 Å². The Hall–Kier alpha value is -0.650. The maximum atomic E-state index is 10.3. The second kappa shape index (κ2) is 4.72. The SMILES string of the molecule is CC1COCCN1c1nc2c(s1)C(O)CC(C)(C)C2. The van der Waals surface area contributed by atoms with Crippen LogP contribution in [0.1, 0.15) is 43.9 Å². The van der Waals surface area contributed by atoms with Crippen molar-refractivity contribution in [2.24, 2.45) is 5.41 Å². The molecule has 0 amide bonds. The number of rotatable bonds is 1. The zero-order valence-corrected chi connectivity index (χ0v) is 12.7. The van der Waals surface area contributed by atoms with E-state index in [0.29, 0.717) is 6.04 Å². The minimum atomic E-state index is -0.346. The first-order valence-electron chi connectivity index (χ1n) is 6.98. The first kappa shape index (κ1) is 13.3. The Bertz CT molecular complexity index is 472. The lowest BCUT2D eigenvalue weighted by atomic mass is 9.77. The summed E-state index contributed by atoms with van der Waals surface area (Å²) in [6.45, 7) is 9.00. The van der Waals surface area contributed by atoms with Gasteiger partial charge in [0.05, 0.1) is 35.9 Å². The lowest BCUT2D eigenvalue weighted by Gasteiger charge is -2.32. The molecular weight excluding hydrogens is 260 g/mol. The number of aromatic nitrogens is 1. The van der Waals surface area contributed by atoms with Gasteiger partial charge in [-0.05, 0) is 25.2 Å². The van der Waals surface area contributed by atoms with Crippen LogP contribution >= 0.6 is 11.3 Å². The molecule has 1 fully saturated rings. The third kappa shape index (κ3) is 2.51. The highest BCUT2D eigenvalue weighted by Gasteiger charge is 2.35. The number of morpholine rings is 1. The maximum absolute atomic E-state index is 10.3. The predicted molar refractivity (Wildman–Crippen MR) is 76.8 cm³/mol. The number of anilines is 1. The van der Waals surface area contributed by atoms with Gasteiger partial charge < -0.3 is 14.7 Å². The van der Waals surface area contributed by atoms with E-state index in [1.807, 2.05) is 0 Å². The molecule has 2 unspecified atom stereocenters. The van der Waals surface area contributed by atoms with E-state index in [9.17, 15) is 5.11 Å². The van der Waals surface area contributed by atoms with Crippen molar-refractivity contribution < 1.29 is 9.84 Å². The van der Waals surface area contributed by atoms with Gasteiger partial charge in [-0.1, -0.05) is 25.2 Å². The number of ether oxygens (including phenoxy) is 1. The van der Waals surface area contributed by atoms with Crippen LogP contribution in [-0.2, 0) is 11.2 Å². The summed E-state index contributed by atoms with van der Waals surface area (Å²) in [5, 5.41) is 11.4. The number of nitrogens with zero attached hydrogens (tertiary/aromatic N) is 2. The average molecular weight is 282 g/mol. The summed E-state index contributed by atoms with van der Waals surface area (Å²) in [5.41, 5.74) is 1.25. The number of aliphatic hydroxyl groups excluding tert-OH is 1. The van der Waals surface area contributed by atoms with Gasteiger partial charge in [0.1, 0.15) is 0 Å². The molecule has 1 aromatic heterocycles. The first-order chi connectivity index (χ1) is 8.96. The van der Waals surface area contributed by atoms with E-state index in [-0.39, 0.29) is 11.5 Å². The number of hydrogen-bond donors (Lipinski definition) is 1. The van der Waals surface area contributed by atoms with Crippen molar-refractivity contribution in [1.82, 2.24) is 4.98 Å². The van der Waals surface area contributed by atoms with Gasteiger partial charge in [-0.25, -0.2) is 4.98 Å². The van der Waals surface area contributed by atoms with Crippen molar-refractivity contribution in [3.8, 4) is 0 Å². The monoisotopic (exact) mass is 282 g/mol. The van der Waals surface area contributed by atoms with Gasteiger partial charge in [0.2, 0.25) is 0 Å². The Morgan fingerprint density at radius 2 is 2.26 bits per heavy atom. The van der Waals surface area contributed by atoms with E-state index < -0.39 is 0 Å². The summed E-state index contributed by atoms with van der Waals surface area (Å²) >= 11 is 1.66. The Morgan fingerprint density at radius 1 is 1.47 bits per heavy atom. The molecule has 0 radical (unpaired) electrons. The molecule has 1 aromatic rings. The Balaban J connectivity index is 1.90. The molecule has 0 aromatic carbocycles. The number of aliphatic hydroxyl groups is 1. The summed E-state index contributed by atoms with van der Waals surface area (Å²) in [5.74, 6) is 0. The minimum Gasteiger partial charge on any atom is -0.387 e. The van der Waals surface area contributed by atoms with E-state index in [1.165, 1.54) is 0 Å². The number of fused-ring (bicyclic) bond motifs is 1. The summed E-state index contributed by atoms with van der Waals surface area (Å²) in [6.07, 6.45) is 1.45. The van der Waals surface area contributed by atoms with Crippen LogP contribution in [-0.4, -0.2) is 35.9 Å². The van der Waals surface area contributed by atoms with Crippen molar-refractivity contribution in [2.45, 2.75) is 45.8 Å². The van der Waals surface area contributed by atoms with Gasteiger partial charge in [0.15, 0.2) is 5.13 Å². The Kier molecular flexibility index (Phi) is 3.31. The van der Waals surface area contributed by atoms with Crippen molar-refractivity contribution in [1.29, 1.82) is 0 Å². The Morgan fingerprint density at radius 3 is 3.00 bits per heavy atom. The smallest absolute Gasteiger partial charge is 0.186 e. The summed E-state index contributed by atoms with van der Waals surface area (Å²) < 4.78 is 5.48. The minimum absolute atomic E-state index is 0.147. The molecule has 2 atom stereocenters. The normalized spacial score (nSPS) is 30.2. The highest BCUT2D eigenvalue weighted by atomic mass is 32.1. The summed E-state index contributed by atoms with van der Waals surface area (Å²) in [7, 11) is 0. The van der Waals surface area contributed by atoms with E-state index in [2.05, 4.69) is 25.7 Å². The molecule has 1 saturated heterocycles. The summed E-state index contributed by atoms with van der Waals surface area (Å²) in [4.78, 5) is 8.19. The molecule has 19 heavy (non-hydrogen) atoms. The van der Waals surface area contributed by atoms with Gasteiger partial charge in [-0.3, -0.25) is 0 Å². The lowest BCUT2D eigenvalue weighted by Crippen LogP contribution is -2.43. The fourth-order valence-electron chi connectivity index (χ4n) is 3.01. The van der Waals surface area contributed by atoms with Crippen molar-refractivity contribution in [3.05, 3.63) is 10.6 Å². The number of thiazole rings is 1. The molecule has 2 heterocycles. The second-order valence-electron chi connectivity index (χ2n) is 6.49. The van der Waals surface area contributed by atoms with E-state index >= 15 is 0 Å². The zero-order chi connectivity index (χ0) is 13.6. The molecule has 5 heteroatoms. The van der Waals surface area contributed by atoms with Gasteiger partial charge in [0, 0.05) is 6.54 Å². The van der Waals surface area contributed by atoms with E-state index in [4.69, 9.17) is 9.72 Å². The van der Waals surface area contributed by atoms with Crippen LogP contribution in [0.4, 0.5) is 5.13 Å². The van der Waals surface area contributed by atoms with E-state index in [1.54, 1.807) is 11.3 Å². The third-order valence-corrected chi connectivity index (χ3v) is 5.26. The maximum Gasteiger partial charge on any atom is 0.186 e. The third-order valence-electron chi connectivity index (χ3n) is 4.02. The van der Waals surface area contributed by atoms with Crippen molar-refractivity contribution in [3.63, 3.8) is 0 Å². The highest BCUT2D eigenvalue weighted by molar-refractivity contribution is 7.15. The largest absolute Gasteiger partial charge is 0.387 e. The molecule has 0 spiro atoms.